The Bertz CT molecular complexity index is 1180. The Kier molecular flexibility index (Phi) is 3.70. The van der Waals surface area contributed by atoms with Crippen LogP contribution in [0.2, 0.25) is 0 Å². The van der Waals surface area contributed by atoms with E-state index in [0.717, 1.165) is 12.1 Å². The molecule has 5 nitrogen and oxygen atoms in total. The summed E-state index contributed by atoms with van der Waals surface area (Å²) in [7, 11) is 0. The Morgan fingerprint density at radius 1 is 1.04 bits per heavy atom. The number of aromatic nitrogens is 4. The number of rotatable bonds is 2. The summed E-state index contributed by atoms with van der Waals surface area (Å²) in [6.45, 7) is 0. The molecule has 0 aliphatic heterocycles. The van der Waals surface area contributed by atoms with Crippen molar-refractivity contribution in [3.05, 3.63) is 66.0 Å². The Hall–Kier alpha value is -3.67. The second kappa shape index (κ2) is 5.95. The molecule has 3 aromatic heterocycles. The van der Waals surface area contributed by atoms with Gasteiger partial charge >= 0.3 is 6.18 Å². The smallest absolute Gasteiger partial charge is 0.291 e. The van der Waals surface area contributed by atoms with Gasteiger partial charge in [-0.15, -0.1) is 0 Å². The fourth-order valence-electron chi connectivity index (χ4n) is 2.86. The molecule has 0 unspecified atom stereocenters. The Morgan fingerprint density at radius 3 is 2.41 bits per heavy atom. The van der Waals surface area contributed by atoms with Gasteiger partial charge in [-0.3, -0.25) is 9.50 Å². The molecular weight excluding hydrogens is 362 g/mol. The maximum atomic E-state index is 13.5. The van der Waals surface area contributed by atoms with Gasteiger partial charge in [0.2, 0.25) is 0 Å². The minimum absolute atomic E-state index is 0.0281. The van der Waals surface area contributed by atoms with E-state index in [1.807, 2.05) is 11.2 Å². The van der Waals surface area contributed by atoms with E-state index in [9.17, 15) is 17.6 Å². The number of nitrogens with one attached hydrogen (secondary N) is 1. The van der Waals surface area contributed by atoms with E-state index >= 15 is 0 Å². The van der Waals surface area contributed by atoms with Crippen molar-refractivity contribution in [1.82, 2.24) is 19.6 Å². The lowest BCUT2D eigenvalue weighted by atomic mass is 10.00. The molecule has 0 fully saturated rings. The highest BCUT2D eigenvalue weighted by atomic mass is 19.4. The zero-order chi connectivity index (χ0) is 19.2. The number of nitriles is 1. The summed E-state index contributed by atoms with van der Waals surface area (Å²) in [5.41, 5.74) is -0.0570. The third-order valence-corrected chi connectivity index (χ3v) is 4.08. The van der Waals surface area contributed by atoms with Crippen molar-refractivity contribution in [1.29, 1.82) is 5.26 Å². The number of hydrogen-bond acceptors (Lipinski definition) is 3. The number of benzene rings is 1. The summed E-state index contributed by atoms with van der Waals surface area (Å²) in [4.78, 5) is 4.03. The first-order chi connectivity index (χ1) is 12.9. The van der Waals surface area contributed by atoms with Crippen molar-refractivity contribution >= 4 is 5.65 Å². The lowest BCUT2D eigenvalue weighted by molar-refractivity contribution is -0.140. The molecule has 0 bridgehead atoms. The second-order valence-electron chi connectivity index (χ2n) is 5.73. The quantitative estimate of drug-likeness (QED) is 0.530. The van der Waals surface area contributed by atoms with Gasteiger partial charge in [0.15, 0.2) is 0 Å². The summed E-state index contributed by atoms with van der Waals surface area (Å²) in [5, 5.41) is 15.0. The molecular formula is C18H9F4N5. The summed E-state index contributed by atoms with van der Waals surface area (Å²) in [6, 6.07) is 9.91. The highest BCUT2D eigenvalue weighted by Gasteiger charge is 2.38. The monoisotopic (exact) mass is 371 g/mol. The lowest BCUT2D eigenvalue weighted by Crippen LogP contribution is -2.07. The molecule has 3 heterocycles. The first-order valence-electron chi connectivity index (χ1n) is 7.67. The molecule has 0 saturated heterocycles. The molecule has 27 heavy (non-hydrogen) atoms. The van der Waals surface area contributed by atoms with Gasteiger partial charge < -0.3 is 0 Å². The third kappa shape index (κ3) is 2.81. The van der Waals surface area contributed by atoms with E-state index in [2.05, 4.69) is 10.1 Å². The minimum Gasteiger partial charge on any atom is -0.291 e. The van der Waals surface area contributed by atoms with Gasteiger partial charge in [0, 0.05) is 22.9 Å². The Labute approximate surface area is 149 Å². The van der Waals surface area contributed by atoms with Crippen LogP contribution in [0.15, 0.2) is 48.8 Å². The number of fused-ring (bicyclic) bond motifs is 1. The number of alkyl halides is 3. The molecule has 1 N–H and O–H groups in total. The zero-order valence-corrected chi connectivity index (χ0v) is 13.4. The molecule has 4 rings (SSSR count). The molecule has 0 aliphatic rings. The van der Waals surface area contributed by atoms with Crippen molar-refractivity contribution in [2.24, 2.45) is 0 Å². The number of aromatic amines is 1. The SMILES string of the molecule is N#Cc1cnc2ccc(-c3c(-c4ccc(F)cc4)n[nH]c3C(F)(F)F)cn12. The van der Waals surface area contributed by atoms with E-state index in [1.165, 1.54) is 41.1 Å². The lowest BCUT2D eigenvalue weighted by Gasteiger charge is -2.10. The van der Waals surface area contributed by atoms with Gasteiger partial charge in [0.05, 0.1) is 6.20 Å². The number of imidazole rings is 1. The van der Waals surface area contributed by atoms with Crippen LogP contribution in [0, 0.1) is 17.1 Å². The Morgan fingerprint density at radius 2 is 1.74 bits per heavy atom. The topological polar surface area (TPSA) is 69.8 Å². The standard InChI is InChI=1S/C18H9F4N5/c19-12-4-1-10(2-5-12)16-15(17(26-25-16)18(20,21)22)11-3-6-14-24-8-13(7-23)27(14)9-11/h1-6,8-9H,(H,25,26). The minimum atomic E-state index is -4.68. The molecule has 0 amide bonds. The maximum absolute atomic E-state index is 13.5. The van der Waals surface area contributed by atoms with Gasteiger partial charge in [-0.25, -0.2) is 9.37 Å². The summed E-state index contributed by atoms with van der Waals surface area (Å²) in [6.07, 6.45) is -1.95. The average Bonchev–Trinajstić information content (AvgIpc) is 3.25. The normalized spacial score (nSPS) is 11.7. The summed E-state index contributed by atoms with van der Waals surface area (Å²) >= 11 is 0. The van der Waals surface area contributed by atoms with E-state index < -0.39 is 17.7 Å². The van der Waals surface area contributed by atoms with Crippen LogP contribution in [0.3, 0.4) is 0 Å². The van der Waals surface area contributed by atoms with Crippen LogP contribution in [0.1, 0.15) is 11.4 Å². The first-order valence-corrected chi connectivity index (χ1v) is 7.67. The van der Waals surface area contributed by atoms with Gasteiger partial charge in [-0.1, -0.05) is 0 Å². The van der Waals surface area contributed by atoms with Crippen LogP contribution in [0.25, 0.3) is 28.0 Å². The molecule has 9 heteroatoms. The van der Waals surface area contributed by atoms with E-state index in [0.29, 0.717) is 11.2 Å². The van der Waals surface area contributed by atoms with Crippen LogP contribution in [-0.4, -0.2) is 19.6 Å². The number of halogens is 4. The number of H-pyrrole nitrogens is 1. The van der Waals surface area contributed by atoms with Crippen LogP contribution < -0.4 is 0 Å². The average molecular weight is 371 g/mol. The molecule has 0 atom stereocenters. The van der Waals surface area contributed by atoms with Gasteiger partial charge in [0.1, 0.15) is 34.6 Å². The molecule has 0 spiro atoms. The van der Waals surface area contributed by atoms with Gasteiger partial charge in [0.25, 0.3) is 0 Å². The molecule has 4 aromatic rings. The molecule has 0 aliphatic carbocycles. The van der Waals surface area contributed by atoms with Crippen molar-refractivity contribution in [2.45, 2.75) is 6.18 Å². The first kappa shape index (κ1) is 16.8. The van der Waals surface area contributed by atoms with Crippen LogP contribution in [0.4, 0.5) is 17.6 Å². The number of nitrogens with zero attached hydrogens (tertiary/aromatic N) is 4. The van der Waals surface area contributed by atoms with Gasteiger partial charge in [-0.05, 0) is 36.4 Å². The maximum Gasteiger partial charge on any atom is 0.433 e. The number of pyridine rings is 1. The summed E-state index contributed by atoms with van der Waals surface area (Å²) in [5.74, 6) is -0.509. The predicted octanol–water partition coefficient (Wildman–Crippen LogP) is 4.42. The largest absolute Gasteiger partial charge is 0.433 e. The fraction of sp³-hybridized carbons (Fsp3) is 0.0556. The van der Waals surface area contributed by atoms with E-state index in [1.54, 1.807) is 0 Å². The highest BCUT2D eigenvalue weighted by Crippen LogP contribution is 2.41. The fourth-order valence-corrected chi connectivity index (χ4v) is 2.86. The molecule has 134 valence electrons. The molecule has 0 saturated carbocycles. The van der Waals surface area contributed by atoms with Crippen molar-refractivity contribution in [3.63, 3.8) is 0 Å². The second-order valence-corrected chi connectivity index (χ2v) is 5.73. The van der Waals surface area contributed by atoms with Gasteiger partial charge in [-0.2, -0.15) is 23.5 Å². The number of hydrogen-bond donors (Lipinski definition) is 1. The van der Waals surface area contributed by atoms with Crippen molar-refractivity contribution in [2.75, 3.05) is 0 Å². The van der Waals surface area contributed by atoms with Crippen LogP contribution in [-0.2, 0) is 6.18 Å². The summed E-state index contributed by atoms with van der Waals surface area (Å²) < 4.78 is 55.2. The highest BCUT2D eigenvalue weighted by molar-refractivity contribution is 5.83. The molecule has 1 aromatic carbocycles. The molecule has 0 radical (unpaired) electrons. The predicted molar refractivity (Wildman–Crippen MR) is 87.9 cm³/mol. The van der Waals surface area contributed by atoms with Crippen LogP contribution >= 0.6 is 0 Å². The van der Waals surface area contributed by atoms with Crippen molar-refractivity contribution in [3.8, 4) is 28.5 Å². The van der Waals surface area contributed by atoms with Crippen molar-refractivity contribution < 1.29 is 17.6 Å². The third-order valence-electron chi connectivity index (χ3n) is 4.08. The van der Waals surface area contributed by atoms with Crippen LogP contribution in [0.5, 0.6) is 0 Å². The van der Waals surface area contributed by atoms with E-state index in [-0.39, 0.29) is 22.5 Å². The Balaban J connectivity index is 1.99. The van der Waals surface area contributed by atoms with E-state index in [4.69, 9.17) is 5.26 Å². The zero-order valence-electron chi connectivity index (χ0n) is 13.4.